The number of ether oxygens (including phenoxy) is 1. The zero-order valence-corrected chi connectivity index (χ0v) is 15.4. The number of esters is 1. The maximum absolute atomic E-state index is 12.3. The number of hydrogen-bond donors (Lipinski definition) is 1. The average Bonchev–Trinajstić information content (AvgIpc) is 3.20. The fourth-order valence-corrected chi connectivity index (χ4v) is 2.48. The van der Waals surface area contributed by atoms with Gasteiger partial charge in [-0.25, -0.2) is 4.79 Å². The summed E-state index contributed by atoms with van der Waals surface area (Å²) in [5, 5.41) is 10.6. The molecule has 1 N–H and O–H groups in total. The molecule has 2 aromatic carbocycles. The summed E-state index contributed by atoms with van der Waals surface area (Å²) in [7, 11) is 0. The second-order valence-corrected chi connectivity index (χ2v) is 6.18. The lowest BCUT2D eigenvalue weighted by Crippen LogP contribution is -2.30. The van der Waals surface area contributed by atoms with E-state index >= 15 is 0 Å². The normalized spacial score (nSPS) is 11.7. The number of benzene rings is 2. The van der Waals surface area contributed by atoms with Crippen molar-refractivity contribution >= 4 is 29.2 Å². The summed E-state index contributed by atoms with van der Waals surface area (Å²) < 4.78 is 10.3. The van der Waals surface area contributed by atoms with Crippen molar-refractivity contribution in [1.82, 2.24) is 10.2 Å². The van der Waals surface area contributed by atoms with Gasteiger partial charge in [-0.15, -0.1) is 10.2 Å². The number of nitrogens with one attached hydrogen (secondary N) is 1. The molecule has 3 rings (SSSR count). The van der Waals surface area contributed by atoms with Gasteiger partial charge in [-0.2, -0.15) is 0 Å². The summed E-state index contributed by atoms with van der Waals surface area (Å²) in [5.74, 6) is -0.715. The second kappa shape index (κ2) is 8.01. The van der Waals surface area contributed by atoms with E-state index in [4.69, 9.17) is 20.8 Å². The molecule has 3 aromatic rings. The predicted molar refractivity (Wildman–Crippen MR) is 99.4 cm³/mol. The molecule has 0 aliphatic heterocycles. The van der Waals surface area contributed by atoms with Crippen molar-refractivity contribution in [1.29, 1.82) is 0 Å². The van der Waals surface area contributed by atoms with Gasteiger partial charge >= 0.3 is 5.97 Å². The summed E-state index contributed by atoms with van der Waals surface area (Å²) in [6, 6.07) is 11.6. The number of aromatic nitrogens is 2. The Balaban J connectivity index is 1.63. The zero-order chi connectivity index (χ0) is 19.4. The molecule has 1 aromatic heterocycles. The summed E-state index contributed by atoms with van der Waals surface area (Å²) in [5.41, 5.74) is 2.28. The lowest BCUT2D eigenvalue weighted by molar-refractivity contribution is -0.123. The van der Waals surface area contributed by atoms with Crippen LogP contribution in [0.5, 0.6) is 0 Å². The Morgan fingerprint density at radius 3 is 2.59 bits per heavy atom. The van der Waals surface area contributed by atoms with Gasteiger partial charge in [0.2, 0.25) is 12.3 Å². The van der Waals surface area contributed by atoms with Crippen LogP contribution in [0, 0.1) is 6.92 Å². The van der Waals surface area contributed by atoms with Crippen LogP contribution in [0.4, 0.5) is 5.69 Å². The highest BCUT2D eigenvalue weighted by Gasteiger charge is 2.20. The van der Waals surface area contributed by atoms with E-state index in [1.807, 2.05) is 0 Å². The lowest BCUT2D eigenvalue weighted by Gasteiger charge is -2.15. The smallest absolute Gasteiger partial charge is 0.338 e. The van der Waals surface area contributed by atoms with Gasteiger partial charge in [0.15, 0.2) is 6.10 Å². The third-order valence-corrected chi connectivity index (χ3v) is 4.32. The van der Waals surface area contributed by atoms with Gasteiger partial charge < -0.3 is 14.5 Å². The van der Waals surface area contributed by atoms with Crippen LogP contribution in [-0.2, 0) is 9.53 Å². The van der Waals surface area contributed by atoms with Crippen LogP contribution < -0.4 is 5.32 Å². The predicted octanol–water partition coefficient (Wildman–Crippen LogP) is 3.88. The number of hydrogen-bond acceptors (Lipinski definition) is 6. The highest BCUT2D eigenvalue weighted by atomic mass is 35.5. The molecule has 1 amide bonds. The molecule has 1 heterocycles. The molecule has 0 bridgehead atoms. The van der Waals surface area contributed by atoms with Gasteiger partial charge in [0.1, 0.15) is 0 Å². The van der Waals surface area contributed by atoms with Gasteiger partial charge in [-0.05, 0) is 55.8 Å². The van der Waals surface area contributed by atoms with E-state index < -0.39 is 18.0 Å². The van der Waals surface area contributed by atoms with Gasteiger partial charge in [-0.1, -0.05) is 17.7 Å². The molecule has 0 radical (unpaired) electrons. The molecule has 0 fully saturated rings. The number of halogens is 1. The van der Waals surface area contributed by atoms with Crippen LogP contribution in [0.2, 0.25) is 5.02 Å². The molecule has 0 aliphatic rings. The Kier molecular flexibility index (Phi) is 5.52. The lowest BCUT2D eigenvalue weighted by atomic mass is 10.1. The van der Waals surface area contributed by atoms with Crippen LogP contribution in [0.15, 0.2) is 53.3 Å². The molecule has 8 heteroatoms. The van der Waals surface area contributed by atoms with E-state index in [9.17, 15) is 9.59 Å². The standard InChI is InChI=1S/C19H16ClN3O4/c1-11-15(20)4-3-5-16(11)22-17(24)12(2)27-19(25)14-8-6-13(7-9-14)18-23-21-10-26-18/h3-10,12H,1-2H3,(H,22,24)/t12-/m1/s1. The summed E-state index contributed by atoms with van der Waals surface area (Å²) in [4.78, 5) is 24.5. The first-order chi connectivity index (χ1) is 13.0. The third kappa shape index (κ3) is 4.32. The summed E-state index contributed by atoms with van der Waals surface area (Å²) in [6.45, 7) is 3.29. The van der Waals surface area contributed by atoms with Gasteiger partial charge in [-0.3, -0.25) is 4.79 Å². The Bertz CT molecular complexity index is 956. The number of nitrogens with zero attached hydrogens (tertiary/aromatic N) is 2. The number of carbonyl (C=O) groups is 2. The van der Waals surface area contributed by atoms with E-state index in [1.165, 1.54) is 13.3 Å². The van der Waals surface area contributed by atoms with Gasteiger partial charge in [0.05, 0.1) is 5.56 Å². The minimum atomic E-state index is -0.980. The summed E-state index contributed by atoms with van der Waals surface area (Å²) >= 11 is 6.04. The molecule has 27 heavy (non-hydrogen) atoms. The molecule has 7 nitrogen and oxygen atoms in total. The summed E-state index contributed by atoms with van der Waals surface area (Å²) in [6.07, 6.45) is 0.242. The fraction of sp³-hybridized carbons (Fsp3) is 0.158. The number of carbonyl (C=O) groups excluding carboxylic acids is 2. The first-order valence-electron chi connectivity index (χ1n) is 8.09. The van der Waals surface area contributed by atoms with Crippen molar-refractivity contribution in [3.8, 4) is 11.5 Å². The van der Waals surface area contributed by atoms with Crippen LogP contribution >= 0.6 is 11.6 Å². The second-order valence-electron chi connectivity index (χ2n) is 5.77. The average molecular weight is 386 g/mol. The maximum atomic E-state index is 12.3. The molecule has 0 unspecified atom stereocenters. The fourth-order valence-electron chi connectivity index (χ4n) is 2.31. The van der Waals surface area contributed by atoms with E-state index in [0.717, 1.165) is 5.56 Å². The third-order valence-electron chi connectivity index (χ3n) is 3.91. The molecule has 0 saturated heterocycles. The van der Waals surface area contributed by atoms with Crippen LogP contribution in [0.25, 0.3) is 11.5 Å². The first-order valence-corrected chi connectivity index (χ1v) is 8.47. The molecule has 0 aliphatic carbocycles. The maximum Gasteiger partial charge on any atom is 0.338 e. The van der Waals surface area contributed by atoms with E-state index in [0.29, 0.717) is 27.7 Å². The molecule has 0 spiro atoms. The van der Waals surface area contributed by atoms with Crippen LogP contribution in [0.1, 0.15) is 22.8 Å². The molecule has 138 valence electrons. The Morgan fingerprint density at radius 2 is 1.93 bits per heavy atom. The minimum Gasteiger partial charge on any atom is -0.449 e. The monoisotopic (exact) mass is 385 g/mol. The topological polar surface area (TPSA) is 94.3 Å². The van der Waals surface area contributed by atoms with E-state index in [1.54, 1.807) is 49.4 Å². The Hall–Kier alpha value is -3.19. The quantitative estimate of drug-likeness (QED) is 0.670. The van der Waals surface area contributed by atoms with E-state index in [-0.39, 0.29) is 0 Å². The van der Waals surface area contributed by atoms with Crippen molar-refractivity contribution in [2.45, 2.75) is 20.0 Å². The zero-order valence-electron chi connectivity index (χ0n) is 14.6. The van der Waals surface area contributed by atoms with E-state index in [2.05, 4.69) is 15.5 Å². The number of anilines is 1. The van der Waals surface area contributed by atoms with Gasteiger partial charge in [0, 0.05) is 16.3 Å². The SMILES string of the molecule is Cc1c(Cl)cccc1NC(=O)[C@@H](C)OC(=O)c1ccc(-c2nnco2)cc1. The van der Waals surface area contributed by atoms with Crippen LogP contribution in [0.3, 0.4) is 0 Å². The Morgan fingerprint density at radius 1 is 1.19 bits per heavy atom. The van der Waals surface area contributed by atoms with Crippen molar-refractivity contribution in [3.63, 3.8) is 0 Å². The Labute approximate surface area is 160 Å². The minimum absolute atomic E-state index is 0.303. The first kappa shape index (κ1) is 18.6. The number of rotatable bonds is 5. The highest BCUT2D eigenvalue weighted by Crippen LogP contribution is 2.23. The number of amides is 1. The highest BCUT2D eigenvalue weighted by molar-refractivity contribution is 6.31. The largest absolute Gasteiger partial charge is 0.449 e. The van der Waals surface area contributed by atoms with Crippen molar-refractivity contribution in [3.05, 3.63) is 65.0 Å². The molecular formula is C19H16ClN3O4. The van der Waals surface area contributed by atoms with Crippen molar-refractivity contribution < 1.29 is 18.7 Å². The molecule has 1 atom stereocenters. The van der Waals surface area contributed by atoms with Crippen molar-refractivity contribution in [2.24, 2.45) is 0 Å². The molecular weight excluding hydrogens is 370 g/mol. The van der Waals surface area contributed by atoms with Crippen LogP contribution in [-0.4, -0.2) is 28.2 Å². The van der Waals surface area contributed by atoms with Gasteiger partial charge in [0.25, 0.3) is 5.91 Å². The van der Waals surface area contributed by atoms with Crippen molar-refractivity contribution in [2.75, 3.05) is 5.32 Å². The molecule has 0 saturated carbocycles.